The molecule has 0 bridgehead atoms. The average molecular weight is 199 g/mol. The number of aromatic nitrogens is 1. The lowest BCUT2D eigenvalue weighted by atomic mass is 10.3. The van der Waals surface area contributed by atoms with Gasteiger partial charge in [0.25, 0.3) is 0 Å². The summed E-state index contributed by atoms with van der Waals surface area (Å²) in [6, 6.07) is 0.369. The summed E-state index contributed by atoms with van der Waals surface area (Å²) in [5.41, 5.74) is 5.49. The third kappa shape index (κ3) is 3.42. The highest BCUT2D eigenvalue weighted by atomic mass is 32.1. The monoisotopic (exact) mass is 199 g/mol. The Morgan fingerprint density at radius 1 is 1.69 bits per heavy atom. The van der Waals surface area contributed by atoms with Crippen molar-refractivity contribution in [2.45, 2.75) is 32.9 Å². The SMILES string of the molecule is CCc1cnc(CNC(C)CN)s1. The molecule has 3 N–H and O–H groups in total. The maximum Gasteiger partial charge on any atom is 0.107 e. The molecular weight excluding hydrogens is 182 g/mol. The third-order valence-corrected chi connectivity index (χ3v) is 3.05. The molecule has 4 heteroatoms. The highest BCUT2D eigenvalue weighted by molar-refractivity contribution is 7.11. The van der Waals surface area contributed by atoms with Gasteiger partial charge in [-0.25, -0.2) is 4.98 Å². The van der Waals surface area contributed by atoms with Crippen LogP contribution in [0.25, 0.3) is 0 Å². The van der Waals surface area contributed by atoms with Crippen molar-refractivity contribution in [3.63, 3.8) is 0 Å². The number of aryl methyl sites for hydroxylation is 1. The van der Waals surface area contributed by atoms with Gasteiger partial charge >= 0.3 is 0 Å². The number of thiazole rings is 1. The predicted octanol–water partition coefficient (Wildman–Crippen LogP) is 1.14. The molecule has 0 aliphatic rings. The van der Waals surface area contributed by atoms with E-state index in [-0.39, 0.29) is 0 Å². The Labute approximate surface area is 83.4 Å². The van der Waals surface area contributed by atoms with Gasteiger partial charge in [-0.15, -0.1) is 11.3 Å². The van der Waals surface area contributed by atoms with Gasteiger partial charge < -0.3 is 11.1 Å². The molecule has 0 spiro atoms. The first kappa shape index (κ1) is 10.6. The molecule has 1 unspecified atom stereocenters. The van der Waals surface area contributed by atoms with Gasteiger partial charge in [-0.3, -0.25) is 0 Å². The number of hydrogen-bond acceptors (Lipinski definition) is 4. The summed E-state index contributed by atoms with van der Waals surface area (Å²) in [5.74, 6) is 0. The largest absolute Gasteiger partial charge is 0.329 e. The molecule has 0 aliphatic heterocycles. The van der Waals surface area contributed by atoms with Crippen LogP contribution in [-0.4, -0.2) is 17.6 Å². The maximum absolute atomic E-state index is 5.49. The molecule has 0 saturated carbocycles. The number of hydrogen-bond donors (Lipinski definition) is 2. The molecular formula is C9H17N3S. The first-order valence-corrected chi connectivity index (χ1v) is 5.45. The van der Waals surface area contributed by atoms with E-state index in [4.69, 9.17) is 5.73 Å². The number of nitrogens with two attached hydrogens (primary N) is 1. The smallest absolute Gasteiger partial charge is 0.107 e. The van der Waals surface area contributed by atoms with Gasteiger partial charge in [-0.05, 0) is 13.3 Å². The first-order chi connectivity index (χ1) is 6.26. The van der Waals surface area contributed by atoms with Gasteiger partial charge in [0.2, 0.25) is 0 Å². The molecule has 1 rings (SSSR count). The lowest BCUT2D eigenvalue weighted by Gasteiger charge is -2.08. The summed E-state index contributed by atoms with van der Waals surface area (Å²) in [6.07, 6.45) is 3.03. The number of nitrogens with one attached hydrogen (secondary N) is 1. The number of nitrogens with zero attached hydrogens (tertiary/aromatic N) is 1. The van der Waals surface area contributed by atoms with Crippen LogP contribution in [0.5, 0.6) is 0 Å². The zero-order valence-corrected chi connectivity index (χ0v) is 9.03. The van der Waals surface area contributed by atoms with Gasteiger partial charge in [-0.1, -0.05) is 6.92 Å². The molecule has 74 valence electrons. The molecule has 0 aromatic carbocycles. The fourth-order valence-corrected chi connectivity index (χ4v) is 1.75. The Kier molecular flexibility index (Phi) is 4.35. The predicted molar refractivity (Wildman–Crippen MR) is 56.8 cm³/mol. The molecule has 1 aromatic rings. The van der Waals surface area contributed by atoms with Crippen molar-refractivity contribution >= 4 is 11.3 Å². The van der Waals surface area contributed by atoms with Crippen LogP contribution in [0.2, 0.25) is 0 Å². The lowest BCUT2D eigenvalue weighted by Crippen LogP contribution is -2.32. The lowest BCUT2D eigenvalue weighted by molar-refractivity contribution is 0.555. The van der Waals surface area contributed by atoms with Crippen LogP contribution < -0.4 is 11.1 Å². The molecule has 0 aliphatic carbocycles. The van der Waals surface area contributed by atoms with Crippen LogP contribution in [-0.2, 0) is 13.0 Å². The second kappa shape index (κ2) is 5.32. The van der Waals surface area contributed by atoms with Gasteiger partial charge in [0.15, 0.2) is 0 Å². The number of rotatable bonds is 5. The molecule has 1 heterocycles. The molecule has 1 atom stereocenters. The van der Waals surface area contributed by atoms with E-state index in [9.17, 15) is 0 Å². The van der Waals surface area contributed by atoms with Crippen molar-refractivity contribution in [3.05, 3.63) is 16.1 Å². The Balaban J connectivity index is 2.36. The van der Waals surface area contributed by atoms with Gasteiger partial charge in [0, 0.05) is 30.2 Å². The fourth-order valence-electron chi connectivity index (χ4n) is 0.938. The minimum atomic E-state index is 0.369. The van der Waals surface area contributed by atoms with Crippen molar-refractivity contribution < 1.29 is 0 Å². The van der Waals surface area contributed by atoms with Crippen molar-refractivity contribution in [3.8, 4) is 0 Å². The van der Waals surface area contributed by atoms with E-state index in [0.717, 1.165) is 18.0 Å². The second-order valence-electron chi connectivity index (χ2n) is 3.09. The van der Waals surface area contributed by atoms with Gasteiger partial charge in [0.05, 0.1) is 0 Å². The van der Waals surface area contributed by atoms with Crippen LogP contribution in [0, 0.1) is 0 Å². The minimum Gasteiger partial charge on any atom is -0.329 e. The molecule has 13 heavy (non-hydrogen) atoms. The van der Waals surface area contributed by atoms with E-state index in [1.807, 2.05) is 6.20 Å². The Morgan fingerprint density at radius 3 is 3.00 bits per heavy atom. The second-order valence-corrected chi connectivity index (χ2v) is 4.29. The molecule has 0 saturated heterocycles. The molecule has 0 fully saturated rings. The van der Waals surface area contributed by atoms with Crippen LogP contribution in [0.3, 0.4) is 0 Å². The molecule has 0 amide bonds. The summed E-state index contributed by atoms with van der Waals surface area (Å²) >= 11 is 1.77. The summed E-state index contributed by atoms with van der Waals surface area (Å²) in [4.78, 5) is 5.65. The van der Waals surface area contributed by atoms with E-state index < -0.39 is 0 Å². The van der Waals surface area contributed by atoms with Gasteiger partial charge in [0.1, 0.15) is 5.01 Å². The zero-order chi connectivity index (χ0) is 9.68. The summed E-state index contributed by atoms with van der Waals surface area (Å²) in [6.45, 7) is 5.73. The highest BCUT2D eigenvalue weighted by Gasteiger charge is 2.02. The summed E-state index contributed by atoms with van der Waals surface area (Å²) in [5, 5.41) is 4.46. The van der Waals surface area contributed by atoms with Crippen molar-refractivity contribution in [2.24, 2.45) is 5.73 Å². The van der Waals surface area contributed by atoms with Crippen LogP contribution in [0.4, 0.5) is 0 Å². The normalized spacial score (nSPS) is 13.2. The van der Waals surface area contributed by atoms with Crippen LogP contribution in [0.1, 0.15) is 23.7 Å². The quantitative estimate of drug-likeness (QED) is 0.747. The van der Waals surface area contributed by atoms with E-state index in [1.165, 1.54) is 4.88 Å². The zero-order valence-electron chi connectivity index (χ0n) is 8.21. The fraction of sp³-hybridized carbons (Fsp3) is 0.667. The Bertz CT molecular complexity index is 247. The minimum absolute atomic E-state index is 0.369. The standard InChI is InChI=1S/C9H17N3S/c1-3-8-5-12-9(13-8)6-11-7(2)4-10/h5,7,11H,3-4,6,10H2,1-2H3. The molecule has 3 nitrogen and oxygen atoms in total. The van der Waals surface area contributed by atoms with E-state index in [0.29, 0.717) is 12.6 Å². The molecule has 1 aromatic heterocycles. The Morgan fingerprint density at radius 2 is 2.46 bits per heavy atom. The first-order valence-electron chi connectivity index (χ1n) is 4.63. The topological polar surface area (TPSA) is 50.9 Å². The van der Waals surface area contributed by atoms with E-state index >= 15 is 0 Å². The molecule has 0 radical (unpaired) electrons. The van der Waals surface area contributed by atoms with Crippen molar-refractivity contribution in [2.75, 3.05) is 6.54 Å². The van der Waals surface area contributed by atoms with Crippen LogP contribution in [0.15, 0.2) is 6.20 Å². The summed E-state index contributed by atoms with van der Waals surface area (Å²) < 4.78 is 0. The van der Waals surface area contributed by atoms with Gasteiger partial charge in [-0.2, -0.15) is 0 Å². The maximum atomic E-state index is 5.49. The van der Waals surface area contributed by atoms with Crippen molar-refractivity contribution in [1.82, 2.24) is 10.3 Å². The third-order valence-electron chi connectivity index (χ3n) is 1.91. The van der Waals surface area contributed by atoms with E-state index in [2.05, 4.69) is 24.1 Å². The van der Waals surface area contributed by atoms with Crippen molar-refractivity contribution in [1.29, 1.82) is 0 Å². The van der Waals surface area contributed by atoms with E-state index in [1.54, 1.807) is 11.3 Å². The van der Waals surface area contributed by atoms with Crippen LogP contribution >= 0.6 is 11.3 Å². The average Bonchev–Trinajstić information content (AvgIpc) is 2.61. The Hall–Kier alpha value is -0.450. The highest BCUT2D eigenvalue weighted by Crippen LogP contribution is 2.12. The summed E-state index contributed by atoms with van der Waals surface area (Å²) in [7, 11) is 0.